The van der Waals surface area contributed by atoms with E-state index in [4.69, 9.17) is 16.7 Å². The topological polar surface area (TPSA) is 60.8 Å². The summed E-state index contributed by atoms with van der Waals surface area (Å²) in [6.45, 7) is 1.95. The lowest BCUT2D eigenvalue weighted by molar-refractivity contribution is -0.146. The summed E-state index contributed by atoms with van der Waals surface area (Å²) in [5.41, 5.74) is 1.22. The van der Waals surface area contributed by atoms with Gasteiger partial charge in [-0.25, -0.2) is 4.79 Å². The highest BCUT2D eigenvalue weighted by molar-refractivity contribution is 6.33. The maximum absolute atomic E-state index is 10.6. The SMILES string of the molecule is O=C(O)C(O)c1ccc(N2CCCC2)c(Cl)c1. The Bertz CT molecular complexity index is 430. The van der Waals surface area contributed by atoms with Crippen molar-refractivity contribution >= 4 is 23.3 Å². The molecule has 2 N–H and O–H groups in total. The molecule has 0 aromatic heterocycles. The molecular formula is C12H14ClNO3. The molecule has 2 rings (SSSR count). The van der Waals surface area contributed by atoms with Gasteiger partial charge in [0.25, 0.3) is 0 Å². The van der Waals surface area contributed by atoms with Gasteiger partial charge in [0.05, 0.1) is 10.7 Å². The van der Waals surface area contributed by atoms with Gasteiger partial charge in [-0.05, 0) is 30.5 Å². The Morgan fingerprint density at radius 2 is 2.00 bits per heavy atom. The average Bonchev–Trinajstić information content (AvgIpc) is 2.81. The van der Waals surface area contributed by atoms with Crippen LogP contribution in [-0.4, -0.2) is 29.3 Å². The number of aliphatic hydroxyl groups is 1. The van der Waals surface area contributed by atoms with Crippen molar-refractivity contribution in [2.24, 2.45) is 0 Å². The lowest BCUT2D eigenvalue weighted by Crippen LogP contribution is -2.18. The molecule has 0 radical (unpaired) electrons. The predicted octanol–water partition coefficient (Wildman–Crippen LogP) is 2.06. The van der Waals surface area contributed by atoms with Crippen molar-refractivity contribution in [1.29, 1.82) is 0 Å². The molecule has 0 amide bonds. The molecule has 1 unspecified atom stereocenters. The van der Waals surface area contributed by atoms with Gasteiger partial charge < -0.3 is 15.1 Å². The van der Waals surface area contributed by atoms with Gasteiger partial charge >= 0.3 is 5.97 Å². The monoisotopic (exact) mass is 255 g/mol. The zero-order valence-corrected chi connectivity index (χ0v) is 10.0. The first-order chi connectivity index (χ1) is 8.09. The van der Waals surface area contributed by atoms with Crippen LogP contribution >= 0.6 is 11.6 Å². The third-order valence-corrected chi connectivity index (χ3v) is 3.27. The highest BCUT2D eigenvalue weighted by Gasteiger charge is 2.19. The Kier molecular flexibility index (Phi) is 3.54. The number of carboxylic acids is 1. The van der Waals surface area contributed by atoms with Crippen LogP contribution in [0.15, 0.2) is 18.2 Å². The fraction of sp³-hybridized carbons (Fsp3) is 0.417. The molecule has 0 bridgehead atoms. The fourth-order valence-electron chi connectivity index (χ4n) is 2.05. The van der Waals surface area contributed by atoms with E-state index in [0.717, 1.165) is 31.6 Å². The average molecular weight is 256 g/mol. The molecule has 1 atom stereocenters. The number of hydrogen-bond donors (Lipinski definition) is 2. The van der Waals surface area contributed by atoms with Crippen LogP contribution in [0.5, 0.6) is 0 Å². The molecule has 1 aromatic carbocycles. The Labute approximate surface area is 104 Å². The molecule has 0 aliphatic carbocycles. The second-order valence-corrected chi connectivity index (χ2v) is 4.55. The van der Waals surface area contributed by atoms with Crippen molar-refractivity contribution in [1.82, 2.24) is 0 Å². The van der Waals surface area contributed by atoms with E-state index in [0.29, 0.717) is 10.6 Å². The minimum absolute atomic E-state index is 0.311. The third-order valence-electron chi connectivity index (χ3n) is 2.97. The molecule has 1 aromatic rings. The number of carbonyl (C=O) groups is 1. The van der Waals surface area contributed by atoms with E-state index in [2.05, 4.69) is 4.90 Å². The molecule has 17 heavy (non-hydrogen) atoms. The lowest BCUT2D eigenvalue weighted by atomic mass is 10.1. The number of rotatable bonds is 3. The summed E-state index contributed by atoms with van der Waals surface area (Å²) in [7, 11) is 0. The fourth-order valence-corrected chi connectivity index (χ4v) is 2.36. The van der Waals surface area contributed by atoms with E-state index in [1.54, 1.807) is 12.1 Å². The molecule has 5 heteroatoms. The van der Waals surface area contributed by atoms with Crippen molar-refractivity contribution < 1.29 is 15.0 Å². The number of carboxylic acid groups (broad SMARTS) is 1. The van der Waals surface area contributed by atoms with E-state index in [-0.39, 0.29) is 0 Å². The Morgan fingerprint density at radius 3 is 2.53 bits per heavy atom. The van der Waals surface area contributed by atoms with Gasteiger partial charge in [-0.1, -0.05) is 17.7 Å². The molecular weight excluding hydrogens is 242 g/mol. The van der Waals surface area contributed by atoms with Crippen LogP contribution in [0.1, 0.15) is 24.5 Å². The van der Waals surface area contributed by atoms with Gasteiger partial charge in [0, 0.05) is 13.1 Å². The number of anilines is 1. The summed E-state index contributed by atoms with van der Waals surface area (Å²) in [6.07, 6.45) is 0.784. The summed E-state index contributed by atoms with van der Waals surface area (Å²) in [5.74, 6) is -1.27. The van der Waals surface area contributed by atoms with E-state index in [1.165, 1.54) is 6.07 Å². The number of aliphatic hydroxyl groups excluding tert-OH is 1. The molecule has 0 spiro atoms. The van der Waals surface area contributed by atoms with Gasteiger partial charge in [0.1, 0.15) is 0 Å². The van der Waals surface area contributed by atoms with Crippen LogP contribution in [-0.2, 0) is 4.79 Å². The van der Waals surface area contributed by atoms with Crippen molar-refractivity contribution in [3.8, 4) is 0 Å². The van der Waals surface area contributed by atoms with Gasteiger partial charge in [-0.2, -0.15) is 0 Å². The van der Waals surface area contributed by atoms with Crippen molar-refractivity contribution in [2.75, 3.05) is 18.0 Å². The van der Waals surface area contributed by atoms with Gasteiger partial charge in [-0.3, -0.25) is 0 Å². The second-order valence-electron chi connectivity index (χ2n) is 4.15. The zero-order chi connectivity index (χ0) is 12.4. The van der Waals surface area contributed by atoms with E-state index in [1.807, 2.05) is 0 Å². The third kappa shape index (κ3) is 2.53. The van der Waals surface area contributed by atoms with Crippen LogP contribution in [0.4, 0.5) is 5.69 Å². The van der Waals surface area contributed by atoms with Crippen LogP contribution in [0.2, 0.25) is 5.02 Å². The summed E-state index contributed by atoms with van der Waals surface area (Å²) < 4.78 is 0. The van der Waals surface area contributed by atoms with Crippen LogP contribution in [0.3, 0.4) is 0 Å². The lowest BCUT2D eigenvalue weighted by Gasteiger charge is -2.20. The second kappa shape index (κ2) is 4.94. The summed E-state index contributed by atoms with van der Waals surface area (Å²) in [5, 5.41) is 18.6. The molecule has 0 saturated carbocycles. The predicted molar refractivity (Wildman–Crippen MR) is 65.5 cm³/mol. The van der Waals surface area contributed by atoms with Crippen molar-refractivity contribution in [2.45, 2.75) is 18.9 Å². The molecule has 1 saturated heterocycles. The maximum Gasteiger partial charge on any atom is 0.337 e. The molecule has 1 aliphatic heterocycles. The normalized spacial score (nSPS) is 17.2. The summed E-state index contributed by atoms with van der Waals surface area (Å²) in [6, 6.07) is 4.90. The Balaban J connectivity index is 2.25. The first kappa shape index (κ1) is 12.2. The van der Waals surface area contributed by atoms with Gasteiger partial charge in [-0.15, -0.1) is 0 Å². The summed E-state index contributed by atoms with van der Waals surface area (Å²) >= 11 is 6.11. The first-order valence-electron chi connectivity index (χ1n) is 5.55. The van der Waals surface area contributed by atoms with Crippen LogP contribution in [0, 0.1) is 0 Å². The van der Waals surface area contributed by atoms with E-state index in [9.17, 15) is 9.90 Å². The number of halogens is 1. The molecule has 1 heterocycles. The summed E-state index contributed by atoms with van der Waals surface area (Å²) in [4.78, 5) is 12.8. The van der Waals surface area contributed by atoms with Gasteiger partial charge in [0.2, 0.25) is 0 Å². The highest BCUT2D eigenvalue weighted by atomic mass is 35.5. The largest absolute Gasteiger partial charge is 0.479 e. The van der Waals surface area contributed by atoms with Crippen molar-refractivity contribution in [3.63, 3.8) is 0 Å². The number of benzene rings is 1. The Morgan fingerprint density at radius 1 is 1.35 bits per heavy atom. The number of aliphatic carboxylic acids is 1. The molecule has 1 fully saturated rings. The van der Waals surface area contributed by atoms with E-state index < -0.39 is 12.1 Å². The van der Waals surface area contributed by atoms with E-state index >= 15 is 0 Å². The van der Waals surface area contributed by atoms with Crippen molar-refractivity contribution in [3.05, 3.63) is 28.8 Å². The minimum atomic E-state index is -1.51. The van der Waals surface area contributed by atoms with Gasteiger partial charge in [0.15, 0.2) is 6.10 Å². The van der Waals surface area contributed by atoms with Crippen LogP contribution in [0.25, 0.3) is 0 Å². The molecule has 92 valence electrons. The van der Waals surface area contributed by atoms with Crippen LogP contribution < -0.4 is 4.90 Å². The zero-order valence-electron chi connectivity index (χ0n) is 9.27. The molecule has 4 nitrogen and oxygen atoms in total. The standard InChI is InChI=1S/C12H14ClNO3/c13-9-7-8(11(15)12(16)17)3-4-10(9)14-5-1-2-6-14/h3-4,7,11,15H,1-2,5-6H2,(H,16,17). The first-order valence-corrected chi connectivity index (χ1v) is 5.92. The number of hydrogen-bond acceptors (Lipinski definition) is 3. The number of nitrogens with zero attached hydrogens (tertiary/aromatic N) is 1. The smallest absolute Gasteiger partial charge is 0.337 e. The maximum atomic E-state index is 10.6. The minimum Gasteiger partial charge on any atom is -0.479 e. The molecule has 1 aliphatic rings. The quantitative estimate of drug-likeness (QED) is 0.868. The Hall–Kier alpha value is -1.26. The highest BCUT2D eigenvalue weighted by Crippen LogP contribution is 2.31.